The SMILES string of the molecule is CC1CC(CN)CN1Cc1ccc(F)cc1F. The van der Waals surface area contributed by atoms with E-state index in [0.29, 0.717) is 30.6 Å². The standard InChI is InChI=1S/C13H18F2N2/c1-9-4-10(6-16)7-17(9)8-11-2-3-12(14)5-13(11)15/h2-3,5,9-10H,4,6-8,16H2,1H3. The molecule has 4 heteroatoms. The van der Waals surface area contributed by atoms with Gasteiger partial charge in [-0.3, -0.25) is 4.90 Å². The topological polar surface area (TPSA) is 29.3 Å². The molecule has 2 nitrogen and oxygen atoms in total. The summed E-state index contributed by atoms with van der Waals surface area (Å²) in [5.41, 5.74) is 6.20. The van der Waals surface area contributed by atoms with Crippen LogP contribution in [-0.4, -0.2) is 24.0 Å². The molecule has 0 aromatic heterocycles. The van der Waals surface area contributed by atoms with Gasteiger partial charge in [-0.25, -0.2) is 8.78 Å². The molecule has 0 bridgehead atoms. The summed E-state index contributed by atoms with van der Waals surface area (Å²) in [5.74, 6) is -0.498. The molecule has 94 valence electrons. The Morgan fingerprint density at radius 1 is 1.41 bits per heavy atom. The number of nitrogens with two attached hydrogens (primary N) is 1. The first kappa shape index (κ1) is 12.5. The minimum absolute atomic E-state index is 0.410. The van der Waals surface area contributed by atoms with Crippen LogP contribution in [0.3, 0.4) is 0 Å². The van der Waals surface area contributed by atoms with Crippen molar-refractivity contribution in [3.05, 3.63) is 35.4 Å². The van der Waals surface area contributed by atoms with Gasteiger partial charge in [0, 0.05) is 30.8 Å². The molecule has 1 saturated heterocycles. The van der Waals surface area contributed by atoms with Crippen LogP contribution in [0.5, 0.6) is 0 Å². The van der Waals surface area contributed by atoms with Gasteiger partial charge < -0.3 is 5.73 Å². The lowest BCUT2D eigenvalue weighted by atomic mass is 10.1. The van der Waals surface area contributed by atoms with Gasteiger partial charge in [0.15, 0.2) is 0 Å². The first-order valence-corrected chi connectivity index (χ1v) is 5.98. The van der Waals surface area contributed by atoms with Gasteiger partial charge in [-0.1, -0.05) is 6.07 Å². The number of likely N-dealkylation sites (tertiary alicyclic amines) is 1. The van der Waals surface area contributed by atoms with Gasteiger partial charge in [0.2, 0.25) is 0 Å². The summed E-state index contributed by atoms with van der Waals surface area (Å²) in [5, 5.41) is 0. The van der Waals surface area contributed by atoms with E-state index in [-0.39, 0.29) is 0 Å². The van der Waals surface area contributed by atoms with Crippen molar-refractivity contribution < 1.29 is 8.78 Å². The highest BCUT2D eigenvalue weighted by molar-refractivity contribution is 5.18. The average molecular weight is 240 g/mol. The molecule has 1 heterocycles. The average Bonchev–Trinajstić information content (AvgIpc) is 2.64. The Morgan fingerprint density at radius 2 is 2.18 bits per heavy atom. The zero-order valence-electron chi connectivity index (χ0n) is 10.00. The molecular formula is C13H18F2N2. The third kappa shape index (κ3) is 2.82. The van der Waals surface area contributed by atoms with Gasteiger partial charge in [-0.15, -0.1) is 0 Å². The third-order valence-electron chi connectivity index (χ3n) is 3.51. The van der Waals surface area contributed by atoms with E-state index in [1.807, 2.05) is 0 Å². The van der Waals surface area contributed by atoms with Crippen LogP contribution in [0, 0.1) is 17.6 Å². The maximum absolute atomic E-state index is 13.5. The summed E-state index contributed by atoms with van der Waals surface area (Å²) in [6.07, 6.45) is 1.05. The molecule has 0 amide bonds. The van der Waals surface area contributed by atoms with Crippen LogP contribution < -0.4 is 5.73 Å². The van der Waals surface area contributed by atoms with Crippen molar-refractivity contribution in [3.8, 4) is 0 Å². The third-order valence-corrected chi connectivity index (χ3v) is 3.51. The van der Waals surface area contributed by atoms with Crippen LogP contribution in [0.2, 0.25) is 0 Å². The Balaban J connectivity index is 2.06. The molecule has 1 fully saturated rings. The van der Waals surface area contributed by atoms with E-state index < -0.39 is 11.6 Å². The molecule has 2 atom stereocenters. The van der Waals surface area contributed by atoms with Gasteiger partial charge in [0.25, 0.3) is 0 Å². The molecule has 2 unspecified atom stereocenters. The quantitative estimate of drug-likeness (QED) is 0.877. The van der Waals surface area contributed by atoms with Gasteiger partial charge in [0.05, 0.1) is 0 Å². The Bertz CT molecular complexity index is 395. The molecule has 0 spiro atoms. The number of hydrogen-bond acceptors (Lipinski definition) is 2. The largest absolute Gasteiger partial charge is 0.330 e. The second kappa shape index (κ2) is 5.10. The summed E-state index contributed by atoms with van der Waals surface area (Å²) >= 11 is 0. The van der Waals surface area contributed by atoms with Gasteiger partial charge in [-0.05, 0) is 31.9 Å². The van der Waals surface area contributed by atoms with Gasteiger partial charge in [-0.2, -0.15) is 0 Å². The number of rotatable bonds is 3. The molecule has 0 saturated carbocycles. The Morgan fingerprint density at radius 3 is 2.76 bits per heavy atom. The van der Waals surface area contributed by atoms with Crippen LogP contribution in [0.1, 0.15) is 18.9 Å². The summed E-state index contributed by atoms with van der Waals surface area (Å²) in [6.45, 7) is 4.22. The molecule has 0 radical (unpaired) electrons. The highest BCUT2D eigenvalue weighted by Gasteiger charge is 2.28. The molecule has 1 aliphatic rings. The first-order chi connectivity index (χ1) is 8.10. The van der Waals surface area contributed by atoms with Crippen LogP contribution in [0.4, 0.5) is 8.78 Å². The summed E-state index contributed by atoms with van der Waals surface area (Å²) in [7, 11) is 0. The van der Waals surface area contributed by atoms with Crippen LogP contribution in [0.25, 0.3) is 0 Å². The van der Waals surface area contributed by atoms with Crippen molar-refractivity contribution in [3.63, 3.8) is 0 Å². The Labute approximate surface area is 100 Å². The molecule has 2 rings (SSSR count). The lowest BCUT2D eigenvalue weighted by Crippen LogP contribution is -2.27. The van der Waals surface area contributed by atoms with Crippen molar-refractivity contribution in [2.45, 2.75) is 25.9 Å². The van der Waals surface area contributed by atoms with Crippen LogP contribution >= 0.6 is 0 Å². The van der Waals surface area contributed by atoms with E-state index in [9.17, 15) is 8.78 Å². The Hall–Kier alpha value is -1.00. The predicted molar refractivity (Wildman–Crippen MR) is 63.4 cm³/mol. The lowest BCUT2D eigenvalue weighted by molar-refractivity contribution is 0.252. The molecule has 17 heavy (non-hydrogen) atoms. The monoisotopic (exact) mass is 240 g/mol. The number of halogens is 2. The van der Waals surface area contributed by atoms with Crippen LogP contribution in [-0.2, 0) is 6.54 Å². The van der Waals surface area contributed by atoms with Crippen molar-refractivity contribution >= 4 is 0 Å². The molecule has 0 aliphatic carbocycles. The highest BCUT2D eigenvalue weighted by Crippen LogP contribution is 2.24. The van der Waals surface area contributed by atoms with Crippen molar-refractivity contribution in [2.24, 2.45) is 11.7 Å². The maximum Gasteiger partial charge on any atom is 0.130 e. The number of hydrogen-bond donors (Lipinski definition) is 1. The number of benzene rings is 1. The fraction of sp³-hybridized carbons (Fsp3) is 0.538. The molecule has 1 aliphatic heterocycles. The van der Waals surface area contributed by atoms with E-state index in [1.165, 1.54) is 12.1 Å². The predicted octanol–water partition coefficient (Wildman–Crippen LogP) is 2.13. The fourth-order valence-electron chi connectivity index (χ4n) is 2.48. The zero-order valence-corrected chi connectivity index (χ0v) is 10.00. The van der Waals surface area contributed by atoms with Crippen LogP contribution in [0.15, 0.2) is 18.2 Å². The molecule has 1 aromatic carbocycles. The first-order valence-electron chi connectivity index (χ1n) is 5.98. The maximum atomic E-state index is 13.5. The van der Waals surface area contributed by atoms with E-state index in [2.05, 4.69) is 11.8 Å². The smallest absolute Gasteiger partial charge is 0.130 e. The van der Waals surface area contributed by atoms with E-state index in [4.69, 9.17) is 5.73 Å². The fourth-order valence-corrected chi connectivity index (χ4v) is 2.48. The van der Waals surface area contributed by atoms with Crippen molar-refractivity contribution in [1.29, 1.82) is 0 Å². The minimum atomic E-state index is -0.527. The second-order valence-electron chi connectivity index (χ2n) is 4.85. The minimum Gasteiger partial charge on any atom is -0.330 e. The summed E-state index contributed by atoms with van der Waals surface area (Å²) < 4.78 is 26.3. The van der Waals surface area contributed by atoms with Crippen molar-refractivity contribution in [2.75, 3.05) is 13.1 Å². The van der Waals surface area contributed by atoms with E-state index in [1.54, 1.807) is 0 Å². The summed E-state index contributed by atoms with van der Waals surface area (Å²) in [6, 6.07) is 4.18. The molecular weight excluding hydrogens is 222 g/mol. The zero-order chi connectivity index (χ0) is 12.4. The normalized spacial score (nSPS) is 25.4. The lowest BCUT2D eigenvalue weighted by Gasteiger charge is -2.21. The molecule has 2 N–H and O–H groups in total. The van der Waals surface area contributed by atoms with E-state index in [0.717, 1.165) is 19.0 Å². The molecule has 1 aromatic rings. The highest BCUT2D eigenvalue weighted by atomic mass is 19.1. The van der Waals surface area contributed by atoms with E-state index >= 15 is 0 Å². The second-order valence-corrected chi connectivity index (χ2v) is 4.85. The van der Waals surface area contributed by atoms with Gasteiger partial charge >= 0.3 is 0 Å². The van der Waals surface area contributed by atoms with Gasteiger partial charge in [0.1, 0.15) is 11.6 Å². The van der Waals surface area contributed by atoms with Crippen molar-refractivity contribution in [1.82, 2.24) is 4.90 Å². The number of nitrogens with zero attached hydrogens (tertiary/aromatic N) is 1. The summed E-state index contributed by atoms with van der Waals surface area (Å²) in [4.78, 5) is 2.20. The Kier molecular flexibility index (Phi) is 3.74.